The number of esters is 1. The topological polar surface area (TPSA) is 739 Å². The van der Waals surface area contributed by atoms with Crippen molar-refractivity contribution >= 4 is 160 Å². The number of aliphatic carboxylic acids is 3. The average Bonchev–Trinajstić information content (AvgIpc) is 1.76. The first kappa shape index (κ1) is 117. The number of allylic oxidation sites excluding steroid dienone is 1. The minimum Gasteiger partial charge on any atom is -0.481 e. The van der Waals surface area contributed by atoms with E-state index >= 15 is 14.4 Å². The number of benzene rings is 2. The summed E-state index contributed by atoms with van der Waals surface area (Å²) in [6, 6.07) is -11.1. The van der Waals surface area contributed by atoms with Crippen molar-refractivity contribution in [1.82, 2.24) is 89.6 Å². The number of ketones is 1. The zero-order chi connectivity index (χ0) is 103. The number of amides is 17. The van der Waals surface area contributed by atoms with Crippen LogP contribution in [0.2, 0.25) is 0 Å². The summed E-state index contributed by atoms with van der Waals surface area (Å²) in [5.41, 5.74) is 13.6. The van der Waals surface area contributed by atoms with Gasteiger partial charge in [0.05, 0.1) is 51.8 Å². The van der Waals surface area contributed by atoms with Crippen LogP contribution in [0.1, 0.15) is 191 Å². The van der Waals surface area contributed by atoms with Gasteiger partial charge in [-0.15, -0.1) is 0 Å². The SMILES string of the molecule is CCCCCCCCCC(=O)N[C@@H](CC1=CCc2ccccc21)C(=O)N[C@H](CC(N)=O)C(=O)N[C@@H](CC(=O)O)C(=O)N[C@@H]1C(=O)NCC(=O)N[C@@H](CCCNC(=O)C[C@@H](C(=O)NCCN(C)C)N(C)C(=O)CCCCCS)C(=O)N[C@@H](C)C(=O)N[C@H](C)C(=O)N[C@@H](CC(=O)O)C(=O)NCC(=O)N[C@H](CO)C(=O)N[C@@H](C(C)CC(=O)O)C(=O)N[C@@H](CC(=O)c2ccccc2N)C(=O)O[C@@H]1C.O=C=O. The van der Waals surface area contributed by atoms with E-state index in [2.05, 4.69) is 88.7 Å². The fraction of sp³-hybridized carbons (Fsp3) is 0.580. The number of rotatable bonds is 46. The number of carboxylic acids is 3. The van der Waals surface area contributed by atoms with Crippen LogP contribution in [0.15, 0.2) is 54.6 Å². The Hall–Kier alpha value is -13.8. The second kappa shape index (κ2) is 61.9. The number of nitrogens with two attached hydrogens (primary N) is 2. The number of ether oxygens (including phenoxy) is 1. The van der Waals surface area contributed by atoms with Crippen LogP contribution >= 0.6 is 12.6 Å². The molecule has 1 saturated heterocycles. The van der Waals surface area contributed by atoms with Crippen LogP contribution in [0, 0.1) is 5.92 Å². The van der Waals surface area contributed by atoms with Gasteiger partial charge in [0.2, 0.25) is 100 Å². The molecule has 49 heteroatoms. The number of aliphatic hydroxyl groups is 1. The van der Waals surface area contributed by atoms with Gasteiger partial charge >= 0.3 is 30.0 Å². The molecule has 4 rings (SSSR count). The van der Waals surface area contributed by atoms with Gasteiger partial charge in [-0.3, -0.25) is 101 Å². The van der Waals surface area contributed by atoms with E-state index in [1.54, 1.807) is 37.2 Å². The molecule has 0 spiro atoms. The van der Waals surface area contributed by atoms with Crippen LogP contribution in [0.3, 0.4) is 0 Å². The maximum Gasteiger partial charge on any atom is 0.373 e. The first-order valence-corrected chi connectivity index (χ1v) is 45.2. The number of anilines is 1. The third kappa shape index (κ3) is 43.6. The van der Waals surface area contributed by atoms with Crippen molar-refractivity contribution in [2.75, 3.05) is 72.0 Å². The third-order valence-corrected chi connectivity index (χ3v) is 21.9. The van der Waals surface area contributed by atoms with Gasteiger partial charge in [-0.05, 0) is 114 Å². The number of unbranched alkanes of at least 4 members (excludes halogenated alkanes) is 8. The molecular weight excluding hydrogens is 1820 g/mol. The highest BCUT2D eigenvalue weighted by Crippen LogP contribution is 2.31. The number of carbonyl (C=O) groups is 22. The molecule has 2 aliphatic rings. The fourth-order valence-corrected chi connectivity index (χ4v) is 14.3. The van der Waals surface area contributed by atoms with E-state index in [0.29, 0.717) is 56.4 Å². The number of carboxylic acid groups (broad SMARTS) is 3. The van der Waals surface area contributed by atoms with Crippen LogP contribution in [0.25, 0.3) is 5.57 Å². The minimum atomic E-state index is -2.48. The molecule has 14 atom stereocenters. The van der Waals surface area contributed by atoms with E-state index in [0.717, 1.165) is 75.8 Å². The maximum absolute atomic E-state index is 15.1. The molecule has 756 valence electrons. The zero-order valence-corrected chi connectivity index (χ0v) is 78.7. The third-order valence-electron chi connectivity index (χ3n) is 21.6. The summed E-state index contributed by atoms with van der Waals surface area (Å²) in [5, 5.41) is 74.9. The Kier molecular flexibility index (Phi) is 53.1. The lowest BCUT2D eigenvalue weighted by molar-refractivity contribution is -0.192. The number of nitrogen functional groups attached to an aromatic ring is 1. The Morgan fingerprint density at radius 2 is 1.11 bits per heavy atom. The number of aliphatic hydroxyl groups excluding tert-OH is 1. The summed E-state index contributed by atoms with van der Waals surface area (Å²) in [4.78, 5) is 325. The molecule has 0 aromatic heterocycles. The van der Waals surface area contributed by atoms with E-state index in [4.69, 9.17) is 25.8 Å². The van der Waals surface area contributed by atoms with Crippen LogP contribution in [0.4, 0.5) is 5.69 Å². The summed E-state index contributed by atoms with van der Waals surface area (Å²) >= 11 is 4.21. The van der Waals surface area contributed by atoms with E-state index in [1.165, 1.54) is 31.3 Å². The molecule has 1 aliphatic carbocycles. The number of cyclic esters (lactones) is 1. The molecule has 23 N–H and O–H groups in total. The largest absolute Gasteiger partial charge is 0.481 e. The monoisotopic (exact) mass is 1950 g/mol. The fourth-order valence-electron chi connectivity index (χ4n) is 14.0. The first-order chi connectivity index (χ1) is 64.8. The number of thiol groups is 1. The minimum absolute atomic E-state index is 0.0132. The summed E-state index contributed by atoms with van der Waals surface area (Å²) in [6.07, 6.45) is 0.900. The Morgan fingerprint density at radius 1 is 0.555 bits per heavy atom. The maximum atomic E-state index is 15.1. The average molecular weight is 1950 g/mol. The van der Waals surface area contributed by atoms with Crippen LogP contribution < -0.4 is 91.2 Å². The molecule has 1 fully saturated rings. The predicted octanol–water partition coefficient (Wildman–Crippen LogP) is -4.81. The lowest BCUT2D eigenvalue weighted by Gasteiger charge is -2.30. The van der Waals surface area contributed by atoms with E-state index in [-0.39, 0.29) is 56.2 Å². The molecule has 48 nitrogen and oxygen atoms in total. The smallest absolute Gasteiger partial charge is 0.373 e. The van der Waals surface area contributed by atoms with E-state index in [1.807, 2.05) is 22.8 Å². The standard InChI is InChI=1S/C87H129N19O27S.CO2/c1-9-10-11-12-13-14-16-29-66(110)97-57(38-52-32-31-51-24-18-19-25-53(51)52)80(125)100-58(40-65(89)109)81(126)101-60(42-73(119)120)82(127)104-75-50(5)133-87(132)61(39-64(108)54-26-20-21-27-55(54)88)102-86(131)74(47(2)37-71(115)116)103-83(128)62(46-107)98-69(113)44-92-78(123)59(41-72(117)118)99-77(122)49(4)94-76(121)48(3)95-79(124)56(96-68(112)45-93-85(75)130)28-23-33-90-67(111)43-63(84(129)91-34-35-105(6)7)106(8)70(114)30-17-15-22-36-134;2-1-3/h18-21,24-27,32,47-50,56-63,74-75,107,134H,9-17,22-23,28-31,33-46,88H2,1-8H3,(H2,89,109)(H,90,111)(H,91,129)(H,92,123)(H,93,130)(H,94,121)(H,95,124)(H,96,112)(H,97,110)(H,98,113)(H,99,122)(H,100,125)(H,101,126)(H,102,131)(H,103,128)(H,104,127)(H,115,116)(H,117,118)(H,119,120);/t47?,48-,49+,50+,56-,57-,58+,59-,60-,61-,62+,63-,74-,75-;/m0./s1. The summed E-state index contributed by atoms with van der Waals surface area (Å²) < 4.78 is 5.77. The molecule has 1 aliphatic heterocycles. The van der Waals surface area contributed by atoms with Crippen molar-refractivity contribution in [3.05, 3.63) is 71.3 Å². The van der Waals surface area contributed by atoms with Crippen LogP contribution in [-0.2, 0) is 121 Å². The highest BCUT2D eigenvalue weighted by atomic mass is 32.1. The number of nitrogens with zero attached hydrogens (tertiary/aromatic N) is 2. The molecule has 0 bridgehead atoms. The predicted molar refractivity (Wildman–Crippen MR) is 488 cm³/mol. The van der Waals surface area contributed by atoms with Crippen LogP contribution in [0.5, 0.6) is 0 Å². The second-order valence-electron chi connectivity index (χ2n) is 33.0. The number of fused-ring (bicyclic) bond motifs is 1. The number of carbonyl (C=O) groups excluding carboxylic acids is 21. The highest BCUT2D eigenvalue weighted by molar-refractivity contribution is 7.80. The number of Topliss-reactive ketones (excluding diaryl/α,β-unsaturated/α-hetero) is 1. The Labute approximate surface area is 795 Å². The van der Waals surface area contributed by atoms with E-state index in [9.17, 15) is 112 Å². The zero-order valence-electron chi connectivity index (χ0n) is 77.8. The second-order valence-corrected chi connectivity index (χ2v) is 33.5. The van der Waals surface area contributed by atoms with Gasteiger partial charge < -0.3 is 126 Å². The number of primary amides is 1. The van der Waals surface area contributed by atoms with Crippen molar-refractivity contribution in [3.63, 3.8) is 0 Å². The molecule has 1 unspecified atom stereocenters. The van der Waals surface area contributed by atoms with Crippen molar-refractivity contribution in [2.45, 2.75) is 254 Å². The normalized spacial score (nSPS) is 20.0. The van der Waals surface area contributed by atoms with Crippen molar-refractivity contribution < 1.29 is 140 Å². The molecule has 17 amide bonds. The summed E-state index contributed by atoms with van der Waals surface area (Å²) in [5.74, 6) is -28.8. The van der Waals surface area contributed by atoms with Gasteiger partial charge in [-0.2, -0.15) is 22.2 Å². The van der Waals surface area contributed by atoms with Gasteiger partial charge in [0, 0.05) is 63.6 Å². The van der Waals surface area contributed by atoms with Crippen LogP contribution in [-0.4, -0.2) is 311 Å². The molecular formula is C88H129N19O29S. The van der Waals surface area contributed by atoms with Gasteiger partial charge in [-0.1, -0.05) is 101 Å². The molecule has 2 aromatic carbocycles. The molecule has 2 aromatic rings. The Balaban J connectivity index is 0.0000159. The molecule has 137 heavy (non-hydrogen) atoms. The Morgan fingerprint density at radius 3 is 1.72 bits per heavy atom. The van der Waals surface area contributed by atoms with Gasteiger partial charge in [0.15, 0.2) is 5.78 Å². The quantitative estimate of drug-likeness (QED) is 0.00972. The first-order valence-electron chi connectivity index (χ1n) is 44.6. The number of hydrogen-bond donors (Lipinski definition) is 22. The number of nitrogens with one attached hydrogen (secondary N) is 15. The molecule has 0 saturated carbocycles. The van der Waals surface area contributed by atoms with Crippen molar-refractivity contribution in [1.29, 1.82) is 0 Å². The molecule has 1 heterocycles. The van der Waals surface area contributed by atoms with Gasteiger partial charge in [-0.25, -0.2) is 4.79 Å². The van der Waals surface area contributed by atoms with Gasteiger partial charge in [0.25, 0.3) is 0 Å². The van der Waals surface area contributed by atoms with Crippen molar-refractivity contribution in [3.8, 4) is 0 Å². The lowest BCUT2D eigenvalue weighted by Crippen LogP contribution is -2.61. The summed E-state index contributed by atoms with van der Waals surface area (Å²) in [6.45, 7) is 2.68. The Bertz CT molecular complexity index is 4640. The highest BCUT2D eigenvalue weighted by Gasteiger charge is 2.42. The molecule has 0 radical (unpaired) electrons. The number of likely N-dealkylation sites (N-methyl/N-ethyl adjacent to an activating group) is 2. The number of para-hydroxylation sites is 1. The van der Waals surface area contributed by atoms with E-state index < -0.39 is 279 Å². The van der Waals surface area contributed by atoms with Gasteiger partial charge in [0.1, 0.15) is 78.6 Å². The lowest BCUT2D eigenvalue weighted by atomic mass is 9.96. The summed E-state index contributed by atoms with van der Waals surface area (Å²) in [7, 11) is 4.87. The number of hydrogen-bond acceptors (Lipinski definition) is 29. The van der Waals surface area contributed by atoms with Crippen molar-refractivity contribution in [2.24, 2.45) is 11.7 Å².